The molecule has 92 valence electrons. The minimum Gasteiger partial charge on any atom is -0.456 e. The van der Waals surface area contributed by atoms with Gasteiger partial charge in [0, 0.05) is 16.7 Å². The van der Waals surface area contributed by atoms with Crippen molar-refractivity contribution in [3.05, 3.63) is 57.6 Å². The molecule has 18 heavy (non-hydrogen) atoms. The van der Waals surface area contributed by atoms with Gasteiger partial charge < -0.3 is 4.74 Å². The number of carbonyl (C=O) groups excluding carboxylic acids is 1. The van der Waals surface area contributed by atoms with E-state index in [9.17, 15) is 4.79 Å². The second-order valence-electron chi connectivity index (χ2n) is 3.81. The molecule has 4 heteroatoms. The minimum atomic E-state index is 0.483. The number of benzene rings is 2. The van der Waals surface area contributed by atoms with Crippen LogP contribution in [0, 0.1) is 6.92 Å². The van der Waals surface area contributed by atoms with Gasteiger partial charge in [-0.05, 0) is 42.8 Å². The smallest absolute Gasteiger partial charge is 0.150 e. The van der Waals surface area contributed by atoms with Crippen LogP contribution in [-0.2, 0) is 0 Å². The van der Waals surface area contributed by atoms with Gasteiger partial charge in [0.1, 0.15) is 17.8 Å². The number of ether oxygens (including phenoxy) is 1. The molecule has 0 aliphatic heterocycles. The van der Waals surface area contributed by atoms with Crippen molar-refractivity contribution in [1.82, 2.24) is 0 Å². The van der Waals surface area contributed by atoms with Crippen molar-refractivity contribution in [2.24, 2.45) is 0 Å². The van der Waals surface area contributed by atoms with Crippen LogP contribution in [0.4, 0.5) is 0 Å². The highest BCUT2D eigenvalue weighted by Crippen LogP contribution is 2.32. The normalized spacial score (nSPS) is 10.2. The Bertz CT molecular complexity index is 594. The zero-order valence-electron chi connectivity index (χ0n) is 9.61. The fourth-order valence-electron chi connectivity index (χ4n) is 1.53. The summed E-state index contributed by atoms with van der Waals surface area (Å²) in [4.78, 5) is 10.7. The number of halogens is 2. The van der Waals surface area contributed by atoms with Crippen LogP contribution < -0.4 is 4.74 Å². The van der Waals surface area contributed by atoms with E-state index in [0.29, 0.717) is 27.1 Å². The van der Waals surface area contributed by atoms with Crippen LogP contribution in [0.15, 0.2) is 36.4 Å². The first-order valence-corrected chi connectivity index (χ1v) is 6.04. The van der Waals surface area contributed by atoms with Crippen LogP contribution in [-0.4, -0.2) is 6.29 Å². The zero-order valence-corrected chi connectivity index (χ0v) is 11.1. The van der Waals surface area contributed by atoms with Crippen LogP contribution in [0.25, 0.3) is 0 Å². The fourth-order valence-corrected chi connectivity index (χ4v) is 1.84. The van der Waals surface area contributed by atoms with E-state index in [4.69, 9.17) is 27.9 Å². The molecule has 0 saturated carbocycles. The number of aryl methyl sites for hydroxylation is 1. The molecule has 0 unspecified atom stereocenters. The van der Waals surface area contributed by atoms with Crippen molar-refractivity contribution in [2.45, 2.75) is 6.92 Å². The van der Waals surface area contributed by atoms with Crippen LogP contribution in [0.3, 0.4) is 0 Å². The second kappa shape index (κ2) is 5.42. The molecule has 2 aromatic carbocycles. The molecule has 0 amide bonds. The Morgan fingerprint density at radius 1 is 1.11 bits per heavy atom. The first-order valence-electron chi connectivity index (χ1n) is 5.29. The van der Waals surface area contributed by atoms with Gasteiger partial charge in [-0.25, -0.2) is 0 Å². The second-order valence-corrected chi connectivity index (χ2v) is 4.66. The van der Waals surface area contributed by atoms with Crippen molar-refractivity contribution in [1.29, 1.82) is 0 Å². The Morgan fingerprint density at radius 2 is 1.89 bits per heavy atom. The van der Waals surface area contributed by atoms with E-state index in [0.717, 1.165) is 11.8 Å². The lowest BCUT2D eigenvalue weighted by Gasteiger charge is -2.09. The lowest BCUT2D eigenvalue weighted by Crippen LogP contribution is -1.90. The molecular weight excluding hydrogens is 271 g/mol. The maximum atomic E-state index is 10.7. The highest BCUT2D eigenvalue weighted by atomic mass is 35.5. The molecule has 0 bridgehead atoms. The Labute approximate surface area is 115 Å². The van der Waals surface area contributed by atoms with Gasteiger partial charge in [-0.2, -0.15) is 0 Å². The first-order chi connectivity index (χ1) is 8.60. The van der Waals surface area contributed by atoms with Gasteiger partial charge in [0.2, 0.25) is 0 Å². The quantitative estimate of drug-likeness (QED) is 0.747. The van der Waals surface area contributed by atoms with Crippen molar-refractivity contribution in [3.63, 3.8) is 0 Å². The maximum absolute atomic E-state index is 10.7. The molecule has 0 aliphatic rings. The fraction of sp³-hybridized carbons (Fsp3) is 0.0714. The summed E-state index contributed by atoms with van der Waals surface area (Å²) in [7, 11) is 0. The molecule has 0 saturated heterocycles. The van der Waals surface area contributed by atoms with Crippen LogP contribution in [0.5, 0.6) is 11.5 Å². The Kier molecular flexibility index (Phi) is 3.90. The predicted molar refractivity (Wildman–Crippen MR) is 73.1 cm³/mol. The van der Waals surface area contributed by atoms with Gasteiger partial charge in [0.15, 0.2) is 0 Å². The molecule has 0 aromatic heterocycles. The van der Waals surface area contributed by atoms with E-state index in [1.807, 2.05) is 6.92 Å². The van der Waals surface area contributed by atoms with Gasteiger partial charge >= 0.3 is 0 Å². The van der Waals surface area contributed by atoms with Gasteiger partial charge in [-0.15, -0.1) is 0 Å². The van der Waals surface area contributed by atoms with Gasteiger partial charge in [0.05, 0.1) is 5.02 Å². The molecule has 0 radical (unpaired) electrons. The summed E-state index contributed by atoms with van der Waals surface area (Å²) in [6.07, 6.45) is 0.811. The van der Waals surface area contributed by atoms with Gasteiger partial charge in [-0.1, -0.05) is 23.2 Å². The monoisotopic (exact) mass is 280 g/mol. The lowest BCUT2D eigenvalue weighted by molar-refractivity contribution is 0.112. The van der Waals surface area contributed by atoms with Crippen molar-refractivity contribution in [3.8, 4) is 11.5 Å². The van der Waals surface area contributed by atoms with Gasteiger partial charge in [-0.3, -0.25) is 4.79 Å². The SMILES string of the molecule is Cc1cc(Oc2cc(Cl)ccc2Cl)ccc1C=O. The maximum Gasteiger partial charge on any atom is 0.150 e. The number of carbonyl (C=O) groups is 1. The van der Waals surface area contributed by atoms with Crippen molar-refractivity contribution in [2.75, 3.05) is 0 Å². The third kappa shape index (κ3) is 2.84. The third-order valence-electron chi connectivity index (χ3n) is 2.49. The molecule has 2 aromatic rings. The summed E-state index contributed by atoms with van der Waals surface area (Å²) in [5, 5.41) is 1.03. The molecule has 0 aliphatic carbocycles. The molecule has 0 N–H and O–H groups in total. The van der Waals surface area contributed by atoms with E-state index >= 15 is 0 Å². The van der Waals surface area contributed by atoms with Crippen molar-refractivity contribution < 1.29 is 9.53 Å². The predicted octanol–water partition coefficient (Wildman–Crippen LogP) is 4.91. The van der Waals surface area contributed by atoms with Crippen molar-refractivity contribution >= 4 is 29.5 Å². The summed E-state index contributed by atoms with van der Waals surface area (Å²) in [6.45, 7) is 1.84. The Balaban J connectivity index is 2.31. The molecule has 0 fully saturated rings. The summed E-state index contributed by atoms with van der Waals surface area (Å²) >= 11 is 11.9. The van der Waals surface area contributed by atoms with Crippen LogP contribution in [0.1, 0.15) is 15.9 Å². The minimum absolute atomic E-state index is 0.483. The topological polar surface area (TPSA) is 26.3 Å². The molecule has 2 nitrogen and oxygen atoms in total. The average Bonchev–Trinajstić information content (AvgIpc) is 2.34. The Morgan fingerprint density at radius 3 is 2.56 bits per heavy atom. The van der Waals surface area contributed by atoms with Crippen LogP contribution >= 0.6 is 23.2 Å². The molecule has 0 atom stereocenters. The van der Waals surface area contributed by atoms with Crippen LogP contribution in [0.2, 0.25) is 10.0 Å². The summed E-state index contributed by atoms with van der Waals surface area (Å²) in [5.41, 5.74) is 1.49. The van der Waals surface area contributed by atoms with Gasteiger partial charge in [0.25, 0.3) is 0 Å². The number of hydrogen-bond donors (Lipinski definition) is 0. The number of rotatable bonds is 3. The highest BCUT2D eigenvalue weighted by Gasteiger charge is 2.05. The van der Waals surface area contributed by atoms with E-state index in [1.165, 1.54) is 0 Å². The summed E-state index contributed by atoms with van der Waals surface area (Å²) < 4.78 is 5.64. The summed E-state index contributed by atoms with van der Waals surface area (Å²) in [6, 6.07) is 10.2. The molecule has 2 rings (SSSR count). The highest BCUT2D eigenvalue weighted by molar-refractivity contribution is 6.34. The van der Waals surface area contributed by atoms with E-state index in [1.54, 1.807) is 36.4 Å². The molecular formula is C14H10Cl2O2. The van der Waals surface area contributed by atoms with E-state index in [2.05, 4.69) is 0 Å². The largest absolute Gasteiger partial charge is 0.456 e. The lowest BCUT2D eigenvalue weighted by atomic mass is 10.1. The molecule has 0 spiro atoms. The molecule has 0 heterocycles. The number of aldehydes is 1. The Hall–Kier alpha value is -1.51. The average molecular weight is 281 g/mol. The zero-order chi connectivity index (χ0) is 13.1. The summed E-state index contributed by atoms with van der Waals surface area (Å²) in [5.74, 6) is 1.10. The van der Waals surface area contributed by atoms with E-state index < -0.39 is 0 Å². The standard InChI is InChI=1S/C14H10Cl2O2/c1-9-6-12(4-2-10(9)8-17)18-14-7-11(15)3-5-13(14)16/h2-8H,1H3. The number of hydrogen-bond acceptors (Lipinski definition) is 2. The first kappa shape index (κ1) is 12.9. The third-order valence-corrected chi connectivity index (χ3v) is 3.04. The van der Waals surface area contributed by atoms with E-state index in [-0.39, 0.29) is 0 Å².